The molecule has 0 radical (unpaired) electrons. The third-order valence-corrected chi connectivity index (χ3v) is 6.72. The maximum atomic E-state index is 11.4. The number of aliphatic hydroxyl groups excluding tert-OH is 1. The van der Waals surface area contributed by atoms with E-state index in [4.69, 9.17) is 9.72 Å². The molecule has 0 aliphatic carbocycles. The fourth-order valence-corrected chi connectivity index (χ4v) is 4.78. The lowest BCUT2D eigenvalue weighted by atomic mass is 10.0. The number of likely N-dealkylation sites (tertiary alicyclic amines) is 1. The van der Waals surface area contributed by atoms with Gasteiger partial charge < -0.3 is 30.5 Å². The summed E-state index contributed by atoms with van der Waals surface area (Å²) in [4.78, 5) is 26.4. The number of fused-ring (bicyclic) bond motifs is 1. The standard InChI is InChI=1S/C29H32N6O4/c1-18-10-11-21-22(7-3-9-24(21)32-16-19(2)36)26(18)39-27-23(8-4-13-30-27)25-12-14-31-28(34-25)33-20-6-5-15-35(17-20)29(37)38/h3-4,7-14,19-20,32,36H,5-6,15-17H2,1-2H3,(H,37,38)(H,31,33,34)/t19-,20?/m0/s1. The van der Waals surface area contributed by atoms with Crippen LogP contribution in [0.1, 0.15) is 25.3 Å². The molecule has 0 bridgehead atoms. The molecule has 4 aromatic rings. The molecule has 1 unspecified atom stereocenters. The van der Waals surface area contributed by atoms with E-state index < -0.39 is 12.2 Å². The predicted molar refractivity (Wildman–Crippen MR) is 150 cm³/mol. The number of aromatic nitrogens is 3. The SMILES string of the molecule is Cc1ccc2c(NC[C@H](C)O)cccc2c1Oc1ncccc1-c1ccnc(NC2CCCN(C(=O)O)C2)n1. The topological polar surface area (TPSA) is 133 Å². The van der Waals surface area contributed by atoms with Crippen LogP contribution in [0.2, 0.25) is 0 Å². The van der Waals surface area contributed by atoms with E-state index >= 15 is 0 Å². The van der Waals surface area contributed by atoms with Crippen molar-refractivity contribution < 1.29 is 19.7 Å². The largest absolute Gasteiger partial charge is 0.465 e. The lowest BCUT2D eigenvalue weighted by molar-refractivity contribution is 0.132. The summed E-state index contributed by atoms with van der Waals surface area (Å²) >= 11 is 0. The number of carbonyl (C=O) groups is 1. The minimum atomic E-state index is -0.914. The first-order chi connectivity index (χ1) is 18.9. The van der Waals surface area contributed by atoms with Crippen LogP contribution < -0.4 is 15.4 Å². The Balaban J connectivity index is 1.43. The monoisotopic (exact) mass is 528 g/mol. The molecular weight excluding hydrogens is 496 g/mol. The van der Waals surface area contributed by atoms with Gasteiger partial charge >= 0.3 is 6.09 Å². The minimum Gasteiger partial charge on any atom is -0.465 e. The van der Waals surface area contributed by atoms with Crippen molar-refractivity contribution in [1.82, 2.24) is 19.9 Å². The van der Waals surface area contributed by atoms with Crippen LogP contribution in [0.15, 0.2) is 60.9 Å². The molecular formula is C29H32N6O4. The molecule has 10 nitrogen and oxygen atoms in total. The first-order valence-corrected chi connectivity index (χ1v) is 13.0. The molecule has 1 aliphatic heterocycles. The normalized spacial score (nSPS) is 16.1. The number of hydrogen-bond donors (Lipinski definition) is 4. The molecule has 2 aromatic heterocycles. The number of hydrogen-bond acceptors (Lipinski definition) is 8. The number of anilines is 2. The number of aryl methyl sites for hydroxylation is 1. The Bertz CT molecular complexity index is 1480. The van der Waals surface area contributed by atoms with Crippen molar-refractivity contribution in [3.63, 3.8) is 0 Å². The Morgan fingerprint density at radius 1 is 1.13 bits per heavy atom. The Hall–Kier alpha value is -4.44. The number of amides is 1. The molecule has 202 valence electrons. The summed E-state index contributed by atoms with van der Waals surface area (Å²) in [5, 5.41) is 27.6. The van der Waals surface area contributed by atoms with Crippen LogP contribution in [-0.4, -0.2) is 67.9 Å². The lowest BCUT2D eigenvalue weighted by Crippen LogP contribution is -2.44. The second-order valence-corrected chi connectivity index (χ2v) is 9.78. The van der Waals surface area contributed by atoms with Crippen molar-refractivity contribution in [3.8, 4) is 22.9 Å². The van der Waals surface area contributed by atoms with Gasteiger partial charge in [-0.25, -0.2) is 19.7 Å². The number of nitrogens with zero attached hydrogens (tertiary/aromatic N) is 4. The van der Waals surface area contributed by atoms with Crippen LogP contribution in [0.5, 0.6) is 11.6 Å². The number of carboxylic acid groups (broad SMARTS) is 1. The second kappa shape index (κ2) is 11.5. The van der Waals surface area contributed by atoms with E-state index in [0.717, 1.165) is 34.9 Å². The fourth-order valence-electron chi connectivity index (χ4n) is 4.78. The molecule has 39 heavy (non-hydrogen) atoms. The number of pyridine rings is 1. The van der Waals surface area contributed by atoms with Gasteiger partial charge in [0.1, 0.15) is 5.75 Å². The van der Waals surface area contributed by atoms with Gasteiger partial charge in [-0.1, -0.05) is 24.3 Å². The highest BCUT2D eigenvalue weighted by Gasteiger charge is 2.24. The van der Waals surface area contributed by atoms with Crippen molar-refractivity contribution in [1.29, 1.82) is 0 Å². The summed E-state index contributed by atoms with van der Waals surface area (Å²) < 4.78 is 6.48. The maximum Gasteiger partial charge on any atom is 0.407 e. The minimum absolute atomic E-state index is 0.0651. The molecule has 0 saturated carbocycles. The van der Waals surface area contributed by atoms with Crippen molar-refractivity contribution in [3.05, 3.63) is 66.5 Å². The van der Waals surface area contributed by atoms with Gasteiger partial charge in [-0.3, -0.25) is 0 Å². The van der Waals surface area contributed by atoms with E-state index in [0.29, 0.717) is 48.5 Å². The highest BCUT2D eigenvalue weighted by molar-refractivity contribution is 5.98. The third kappa shape index (κ3) is 6.01. The van der Waals surface area contributed by atoms with Gasteiger partial charge in [-0.2, -0.15) is 0 Å². The van der Waals surface area contributed by atoms with Gasteiger partial charge in [0.15, 0.2) is 0 Å². The summed E-state index contributed by atoms with van der Waals surface area (Å²) in [7, 11) is 0. The molecule has 0 spiro atoms. The predicted octanol–water partition coefficient (Wildman–Crippen LogP) is 5.14. The van der Waals surface area contributed by atoms with Crippen LogP contribution in [0.3, 0.4) is 0 Å². The zero-order chi connectivity index (χ0) is 27.4. The van der Waals surface area contributed by atoms with Crippen molar-refractivity contribution in [2.75, 3.05) is 30.3 Å². The van der Waals surface area contributed by atoms with Gasteiger partial charge in [-0.05, 0) is 56.5 Å². The fraction of sp³-hybridized carbons (Fsp3) is 0.310. The molecule has 10 heteroatoms. The molecule has 4 N–H and O–H groups in total. The molecule has 5 rings (SSSR count). The summed E-state index contributed by atoms with van der Waals surface area (Å²) in [6, 6.07) is 15.5. The van der Waals surface area contributed by atoms with E-state index in [9.17, 15) is 15.0 Å². The number of benzene rings is 2. The van der Waals surface area contributed by atoms with Crippen molar-refractivity contribution in [2.45, 2.75) is 38.8 Å². The number of aliphatic hydroxyl groups is 1. The lowest BCUT2D eigenvalue weighted by Gasteiger charge is -2.31. The second-order valence-electron chi connectivity index (χ2n) is 9.78. The zero-order valence-electron chi connectivity index (χ0n) is 22.0. The van der Waals surface area contributed by atoms with E-state index in [2.05, 4.69) is 20.6 Å². The highest BCUT2D eigenvalue weighted by Crippen LogP contribution is 2.38. The summed E-state index contributed by atoms with van der Waals surface area (Å²) in [6.07, 6.45) is 3.58. The number of nitrogens with one attached hydrogen (secondary N) is 2. The quantitative estimate of drug-likeness (QED) is 0.245. The molecule has 1 aliphatic rings. The van der Waals surface area contributed by atoms with Crippen LogP contribution in [0.4, 0.5) is 16.4 Å². The first kappa shape index (κ1) is 26.2. The Labute approximate surface area is 226 Å². The first-order valence-electron chi connectivity index (χ1n) is 13.0. The van der Waals surface area contributed by atoms with Crippen LogP contribution in [-0.2, 0) is 0 Å². The van der Waals surface area contributed by atoms with E-state index in [1.807, 2.05) is 49.4 Å². The number of piperidine rings is 1. The smallest absolute Gasteiger partial charge is 0.407 e. The zero-order valence-corrected chi connectivity index (χ0v) is 22.0. The molecule has 3 heterocycles. The van der Waals surface area contributed by atoms with Gasteiger partial charge in [-0.15, -0.1) is 0 Å². The van der Waals surface area contributed by atoms with Crippen molar-refractivity contribution in [2.24, 2.45) is 0 Å². The Morgan fingerprint density at radius 3 is 2.82 bits per heavy atom. The Kier molecular flexibility index (Phi) is 7.74. The highest BCUT2D eigenvalue weighted by atomic mass is 16.5. The van der Waals surface area contributed by atoms with E-state index in [1.165, 1.54) is 4.90 Å². The molecule has 1 amide bonds. The van der Waals surface area contributed by atoms with Gasteiger partial charge in [0.25, 0.3) is 0 Å². The van der Waals surface area contributed by atoms with Gasteiger partial charge in [0.05, 0.1) is 17.4 Å². The molecule has 2 aromatic carbocycles. The van der Waals surface area contributed by atoms with Gasteiger partial charge in [0, 0.05) is 54.5 Å². The number of rotatable bonds is 8. The number of ether oxygens (including phenoxy) is 1. The third-order valence-electron chi connectivity index (χ3n) is 6.72. The van der Waals surface area contributed by atoms with Crippen LogP contribution >= 0.6 is 0 Å². The summed E-state index contributed by atoms with van der Waals surface area (Å²) in [5.41, 5.74) is 3.21. The molecule has 1 saturated heterocycles. The average molecular weight is 529 g/mol. The van der Waals surface area contributed by atoms with Crippen LogP contribution in [0, 0.1) is 6.92 Å². The summed E-state index contributed by atoms with van der Waals surface area (Å²) in [6.45, 7) is 5.10. The molecule has 2 atom stereocenters. The van der Waals surface area contributed by atoms with Crippen molar-refractivity contribution >= 4 is 28.5 Å². The maximum absolute atomic E-state index is 11.4. The van der Waals surface area contributed by atoms with Gasteiger partial charge in [0.2, 0.25) is 11.8 Å². The van der Waals surface area contributed by atoms with E-state index in [-0.39, 0.29) is 6.04 Å². The van der Waals surface area contributed by atoms with E-state index in [1.54, 1.807) is 25.4 Å². The molecule has 1 fully saturated rings. The Morgan fingerprint density at radius 2 is 2.00 bits per heavy atom. The summed E-state index contributed by atoms with van der Waals surface area (Å²) in [5.74, 6) is 1.53. The van der Waals surface area contributed by atoms with Crippen LogP contribution in [0.25, 0.3) is 22.0 Å². The average Bonchev–Trinajstić information content (AvgIpc) is 2.94.